The number of fused-ring (bicyclic) bond motifs is 1. The maximum atomic E-state index is 13.0. The maximum Gasteiger partial charge on any atom is 0.405 e. The van der Waals surface area contributed by atoms with E-state index >= 15 is 0 Å². The third-order valence-corrected chi connectivity index (χ3v) is 5.69. The number of ether oxygens (including phenoxy) is 1. The number of hydrogen-bond acceptors (Lipinski definition) is 8. The minimum atomic E-state index is -4.46. The predicted octanol–water partition coefficient (Wildman–Crippen LogP) is 5.21. The molecule has 5 rings (SSSR count). The first-order valence-corrected chi connectivity index (χ1v) is 12.1. The number of benzene rings is 1. The fourth-order valence-corrected chi connectivity index (χ4v) is 4.03. The van der Waals surface area contributed by atoms with Crippen LogP contribution in [-0.4, -0.2) is 48.5 Å². The summed E-state index contributed by atoms with van der Waals surface area (Å²) in [6.07, 6.45) is 1.07. The Bertz CT molecular complexity index is 1570. The van der Waals surface area contributed by atoms with Gasteiger partial charge in [0, 0.05) is 30.2 Å². The van der Waals surface area contributed by atoms with Crippen molar-refractivity contribution >= 4 is 22.8 Å². The number of pyridine rings is 2. The summed E-state index contributed by atoms with van der Waals surface area (Å²) < 4.78 is 46.5. The molecule has 0 aliphatic heterocycles. The van der Waals surface area contributed by atoms with Crippen LogP contribution in [0.15, 0.2) is 67.1 Å². The van der Waals surface area contributed by atoms with Gasteiger partial charge in [-0.05, 0) is 61.7 Å². The van der Waals surface area contributed by atoms with Gasteiger partial charge in [-0.1, -0.05) is 12.1 Å². The van der Waals surface area contributed by atoms with Crippen LogP contribution in [0.2, 0.25) is 0 Å². The maximum absolute atomic E-state index is 13.0. The molecule has 0 bridgehead atoms. The summed E-state index contributed by atoms with van der Waals surface area (Å²) in [7, 11) is 0. The number of halogens is 3. The highest BCUT2D eigenvalue weighted by Crippen LogP contribution is 2.30. The second kappa shape index (κ2) is 10.6. The molecule has 4 aromatic heterocycles. The fourth-order valence-electron chi connectivity index (χ4n) is 4.03. The number of nitrogen functional groups attached to an aromatic ring is 1. The van der Waals surface area contributed by atoms with Crippen molar-refractivity contribution in [2.45, 2.75) is 32.5 Å². The summed E-state index contributed by atoms with van der Waals surface area (Å²) in [5.41, 5.74) is 10.1. The standard InChI is InChI=1S/C27H25F3N8O/c1-16(2)39-22-9-6-18(14-32-22)21-13-19(12-17-4-7-20(8-5-17)38-11-3-10-34-38)23-24(35-21)25(37-26(31)36-23)33-15-27(28,29)30/h3-11,13-14,16H,12,15H2,1-2H3,(H3,31,33,36,37). The van der Waals surface area contributed by atoms with Crippen molar-refractivity contribution in [3.05, 3.63) is 78.2 Å². The molecule has 0 unspecified atom stereocenters. The van der Waals surface area contributed by atoms with Crippen molar-refractivity contribution in [2.24, 2.45) is 0 Å². The molecule has 3 N–H and O–H groups in total. The molecule has 0 aliphatic rings. The smallest absolute Gasteiger partial charge is 0.405 e. The summed E-state index contributed by atoms with van der Waals surface area (Å²) in [5.74, 6) is 0.198. The van der Waals surface area contributed by atoms with Crippen LogP contribution < -0.4 is 15.8 Å². The van der Waals surface area contributed by atoms with Crippen LogP contribution in [0.4, 0.5) is 24.9 Å². The Morgan fingerprint density at radius 3 is 2.46 bits per heavy atom. The van der Waals surface area contributed by atoms with E-state index in [1.54, 1.807) is 29.2 Å². The molecule has 0 saturated heterocycles. The molecular formula is C27H25F3N8O. The Kier molecular flexibility index (Phi) is 7.01. The SMILES string of the molecule is CC(C)Oc1ccc(-c2cc(Cc3ccc(-n4cccn4)cc3)c3nc(N)nc(NCC(F)(F)F)c3n2)cn1. The van der Waals surface area contributed by atoms with Gasteiger partial charge in [0.15, 0.2) is 5.82 Å². The molecule has 0 atom stereocenters. The number of hydrogen-bond donors (Lipinski definition) is 2. The van der Waals surface area contributed by atoms with E-state index in [-0.39, 0.29) is 23.4 Å². The number of aromatic nitrogens is 6. The molecular weight excluding hydrogens is 509 g/mol. The van der Waals surface area contributed by atoms with Crippen molar-refractivity contribution in [3.8, 4) is 22.8 Å². The number of nitrogens with zero attached hydrogens (tertiary/aromatic N) is 6. The van der Waals surface area contributed by atoms with E-state index in [4.69, 9.17) is 10.5 Å². The topological polar surface area (TPSA) is 117 Å². The Morgan fingerprint density at radius 1 is 1.03 bits per heavy atom. The molecule has 0 radical (unpaired) electrons. The van der Waals surface area contributed by atoms with Crippen LogP contribution in [0.25, 0.3) is 28.0 Å². The zero-order valence-electron chi connectivity index (χ0n) is 21.1. The van der Waals surface area contributed by atoms with Gasteiger partial charge in [0.25, 0.3) is 0 Å². The molecule has 12 heteroatoms. The van der Waals surface area contributed by atoms with Crippen LogP contribution in [0, 0.1) is 0 Å². The fraction of sp³-hybridized carbons (Fsp3) is 0.222. The molecule has 1 aromatic carbocycles. The lowest BCUT2D eigenvalue weighted by molar-refractivity contribution is -0.115. The molecule has 0 spiro atoms. The first-order chi connectivity index (χ1) is 18.6. The van der Waals surface area contributed by atoms with Crippen molar-refractivity contribution in [1.82, 2.24) is 29.7 Å². The highest BCUT2D eigenvalue weighted by atomic mass is 19.4. The van der Waals surface area contributed by atoms with Crippen molar-refractivity contribution in [3.63, 3.8) is 0 Å². The van der Waals surface area contributed by atoms with Crippen LogP contribution in [0.1, 0.15) is 25.0 Å². The average molecular weight is 535 g/mol. The monoisotopic (exact) mass is 534 g/mol. The van der Waals surface area contributed by atoms with Crippen molar-refractivity contribution in [2.75, 3.05) is 17.6 Å². The highest BCUT2D eigenvalue weighted by molar-refractivity contribution is 5.91. The number of nitrogens with two attached hydrogens (primary N) is 1. The predicted molar refractivity (Wildman–Crippen MR) is 142 cm³/mol. The van der Waals surface area contributed by atoms with E-state index in [9.17, 15) is 13.2 Å². The van der Waals surface area contributed by atoms with Crippen LogP contribution in [0.5, 0.6) is 5.88 Å². The van der Waals surface area contributed by atoms with Gasteiger partial charge < -0.3 is 15.8 Å². The minimum Gasteiger partial charge on any atom is -0.475 e. The van der Waals surface area contributed by atoms with Crippen LogP contribution >= 0.6 is 0 Å². The van der Waals surface area contributed by atoms with Gasteiger partial charge in [-0.25, -0.2) is 19.6 Å². The van der Waals surface area contributed by atoms with Gasteiger partial charge >= 0.3 is 6.18 Å². The molecule has 0 aliphatic carbocycles. The zero-order chi connectivity index (χ0) is 27.6. The Hall–Kier alpha value is -4.74. The van der Waals surface area contributed by atoms with Crippen molar-refractivity contribution < 1.29 is 17.9 Å². The Morgan fingerprint density at radius 2 is 1.82 bits per heavy atom. The summed E-state index contributed by atoms with van der Waals surface area (Å²) in [4.78, 5) is 17.3. The summed E-state index contributed by atoms with van der Waals surface area (Å²) in [6, 6.07) is 15.0. The Labute approximate surface area is 221 Å². The van der Waals surface area contributed by atoms with Gasteiger partial charge in [0.2, 0.25) is 11.8 Å². The van der Waals surface area contributed by atoms with Crippen molar-refractivity contribution in [1.29, 1.82) is 0 Å². The average Bonchev–Trinajstić information content (AvgIpc) is 3.43. The second-order valence-electron chi connectivity index (χ2n) is 9.11. The zero-order valence-corrected chi connectivity index (χ0v) is 21.1. The summed E-state index contributed by atoms with van der Waals surface area (Å²) in [5, 5.41) is 6.57. The molecule has 200 valence electrons. The van der Waals surface area contributed by atoms with Gasteiger partial charge in [-0.3, -0.25) is 0 Å². The molecule has 5 aromatic rings. The lowest BCUT2D eigenvalue weighted by Gasteiger charge is -2.15. The number of rotatable bonds is 8. The van der Waals surface area contributed by atoms with E-state index in [0.29, 0.717) is 34.6 Å². The number of alkyl halides is 3. The van der Waals surface area contributed by atoms with Gasteiger partial charge in [-0.15, -0.1) is 0 Å². The lowest BCUT2D eigenvalue weighted by Crippen LogP contribution is -2.22. The number of anilines is 2. The van der Waals surface area contributed by atoms with Gasteiger partial charge in [-0.2, -0.15) is 23.3 Å². The third-order valence-electron chi connectivity index (χ3n) is 5.69. The van der Waals surface area contributed by atoms with Crippen LogP contribution in [-0.2, 0) is 6.42 Å². The van der Waals surface area contributed by atoms with E-state index in [1.807, 2.05) is 56.4 Å². The highest BCUT2D eigenvalue weighted by Gasteiger charge is 2.28. The minimum absolute atomic E-state index is 0.0432. The second-order valence-corrected chi connectivity index (χ2v) is 9.11. The van der Waals surface area contributed by atoms with E-state index in [0.717, 1.165) is 11.3 Å². The van der Waals surface area contributed by atoms with E-state index in [2.05, 4.69) is 30.4 Å². The molecule has 0 amide bonds. The molecule has 4 heterocycles. The lowest BCUT2D eigenvalue weighted by atomic mass is 10.0. The first kappa shape index (κ1) is 25.9. The summed E-state index contributed by atoms with van der Waals surface area (Å²) >= 11 is 0. The normalized spacial score (nSPS) is 11.7. The third kappa shape index (κ3) is 6.22. The van der Waals surface area contributed by atoms with E-state index in [1.165, 1.54) is 0 Å². The van der Waals surface area contributed by atoms with E-state index < -0.39 is 12.7 Å². The Balaban J connectivity index is 1.58. The largest absolute Gasteiger partial charge is 0.475 e. The first-order valence-electron chi connectivity index (χ1n) is 12.1. The quantitative estimate of drug-likeness (QED) is 0.279. The van der Waals surface area contributed by atoms with Gasteiger partial charge in [0.05, 0.1) is 17.5 Å². The summed E-state index contributed by atoms with van der Waals surface area (Å²) in [6.45, 7) is 2.50. The molecule has 0 fully saturated rings. The number of nitrogens with one attached hydrogen (secondary N) is 1. The molecule has 9 nitrogen and oxygen atoms in total. The van der Waals surface area contributed by atoms with Crippen LogP contribution in [0.3, 0.4) is 0 Å². The molecule has 0 saturated carbocycles. The van der Waals surface area contributed by atoms with Gasteiger partial charge in [0.1, 0.15) is 17.6 Å². The molecule has 39 heavy (non-hydrogen) atoms.